The first-order chi connectivity index (χ1) is 8.37. The number of nitrogens with zero attached hydrogens (tertiary/aromatic N) is 1. The molecule has 1 fully saturated rings. The van der Waals surface area contributed by atoms with E-state index in [1.54, 1.807) is 6.92 Å². The fourth-order valence-corrected chi connectivity index (χ4v) is 2.17. The molecule has 2 rings (SSSR count). The molecule has 0 aromatic heterocycles. The highest BCUT2D eigenvalue weighted by Gasteiger charge is 2.32. The van der Waals surface area contributed by atoms with Gasteiger partial charge in [-0.15, -0.1) is 0 Å². The van der Waals surface area contributed by atoms with E-state index in [-0.39, 0.29) is 23.8 Å². The molecular formula is C13H17NO4. The van der Waals surface area contributed by atoms with Crippen LogP contribution in [0.2, 0.25) is 0 Å². The third-order valence-electron chi connectivity index (χ3n) is 3.20. The summed E-state index contributed by atoms with van der Waals surface area (Å²) in [6, 6.07) is 4.03. The molecule has 1 unspecified atom stereocenters. The van der Waals surface area contributed by atoms with E-state index in [4.69, 9.17) is 0 Å². The molecule has 5 heteroatoms. The van der Waals surface area contributed by atoms with Crippen LogP contribution in [0.5, 0.6) is 11.5 Å². The number of benzene rings is 1. The molecule has 1 saturated heterocycles. The second-order valence-corrected chi connectivity index (χ2v) is 5.08. The summed E-state index contributed by atoms with van der Waals surface area (Å²) in [6.45, 7) is 3.12. The van der Waals surface area contributed by atoms with E-state index in [0.717, 1.165) is 0 Å². The van der Waals surface area contributed by atoms with Gasteiger partial charge in [-0.25, -0.2) is 0 Å². The third-order valence-corrected chi connectivity index (χ3v) is 3.20. The van der Waals surface area contributed by atoms with Crippen molar-refractivity contribution < 1.29 is 20.1 Å². The molecule has 18 heavy (non-hydrogen) atoms. The summed E-state index contributed by atoms with van der Waals surface area (Å²) in [4.78, 5) is 13.8. The lowest BCUT2D eigenvalue weighted by atomic mass is 10.1. The molecule has 0 spiro atoms. The summed E-state index contributed by atoms with van der Waals surface area (Å²) in [7, 11) is 0. The molecule has 1 aliphatic rings. The number of hydrogen-bond donors (Lipinski definition) is 3. The van der Waals surface area contributed by atoms with Crippen molar-refractivity contribution in [2.45, 2.75) is 18.9 Å². The minimum Gasteiger partial charge on any atom is -0.504 e. The number of Topliss-reactive ketones (excluding diaryl/α,β-unsaturated/α-hetero) is 1. The van der Waals surface area contributed by atoms with E-state index >= 15 is 0 Å². The van der Waals surface area contributed by atoms with E-state index in [1.165, 1.54) is 18.2 Å². The zero-order valence-electron chi connectivity index (χ0n) is 10.3. The number of likely N-dealkylation sites (tertiary alicyclic amines) is 1. The molecule has 0 saturated carbocycles. The Morgan fingerprint density at radius 2 is 2.11 bits per heavy atom. The Kier molecular flexibility index (Phi) is 3.28. The minimum absolute atomic E-state index is 0.136. The Labute approximate surface area is 105 Å². The quantitative estimate of drug-likeness (QED) is 0.545. The lowest BCUT2D eigenvalue weighted by Crippen LogP contribution is -2.33. The summed E-state index contributed by atoms with van der Waals surface area (Å²) in [5.41, 5.74) is -0.367. The number of β-amino-alcohol motifs (C(OH)–C–C–N with tert-alkyl or cyclic N) is 1. The van der Waals surface area contributed by atoms with E-state index in [0.29, 0.717) is 25.1 Å². The van der Waals surface area contributed by atoms with Crippen molar-refractivity contribution in [3.8, 4) is 11.5 Å². The average molecular weight is 251 g/mol. The highest BCUT2D eigenvalue weighted by molar-refractivity contribution is 5.98. The molecule has 0 radical (unpaired) electrons. The topological polar surface area (TPSA) is 81.0 Å². The standard InChI is InChI=1S/C13H17NO4/c1-13(18)4-5-14(8-13)7-12(17)9-2-3-10(15)11(16)6-9/h2-3,6,15-16,18H,4-5,7-8H2,1H3. The fraction of sp³-hybridized carbons (Fsp3) is 0.462. The highest BCUT2D eigenvalue weighted by Crippen LogP contribution is 2.26. The van der Waals surface area contributed by atoms with Crippen LogP contribution in [-0.4, -0.2) is 51.2 Å². The maximum absolute atomic E-state index is 12.0. The van der Waals surface area contributed by atoms with Gasteiger partial charge in [-0.3, -0.25) is 9.69 Å². The summed E-state index contributed by atoms with van der Waals surface area (Å²) in [6.07, 6.45) is 0.654. The van der Waals surface area contributed by atoms with E-state index in [9.17, 15) is 20.1 Å². The lowest BCUT2D eigenvalue weighted by Gasteiger charge is -2.18. The van der Waals surface area contributed by atoms with E-state index in [2.05, 4.69) is 0 Å². The minimum atomic E-state index is -0.725. The Morgan fingerprint density at radius 3 is 2.67 bits per heavy atom. The van der Waals surface area contributed by atoms with Crippen molar-refractivity contribution >= 4 is 5.78 Å². The molecule has 98 valence electrons. The zero-order chi connectivity index (χ0) is 13.3. The highest BCUT2D eigenvalue weighted by atomic mass is 16.3. The van der Waals surface area contributed by atoms with Gasteiger partial charge in [0.15, 0.2) is 17.3 Å². The van der Waals surface area contributed by atoms with Gasteiger partial charge >= 0.3 is 0 Å². The van der Waals surface area contributed by atoms with Gasteiger partial charge in [-0.05, 0) is 31.5 Å². The van der Waals surface area contributed by atoms with Gasteiger partial charge in [0.05, 0.1) is 12.1 Å². The van der Waals surface area contributed by atoms with Crippen molar-refractivity contribution in [3.63, 3.8) is 0 Å². The lowest BCUT2D eigenvalue weighted by molar-refractivity contribution is 0.0669. The Balaban J connectivity index is 2.02. The number of phenols is 2. The largest absolute Gasteiger partial charge is 0.504 e. The van der Waals surface area contributed by atoms with Gasteiger partial charge in [0.2, 0.25) is 0 Å². The Hall–Kier alpha value is -1.59. The first kappa shape index (κ1) is 12.9. The molecule has 0 bridgehead atoms. The Bertz CT molecular complexity index is 470. The molecular weight excluding hydrogens is 234 g/mol. The maximum Gasteiger partial charge on any atom is 0.176 e. The molecule has 5 nitrogen and oxygen atoms in total. The second kappa shape index (κ2) is 4.59. The van der Waals surface area contributed by atoms with E-state index in [1.807, 2.05) is 4.90 Å². The van der Waals surface area contributed by atoms with Crippen LogP contribution in [0.3, 0.4) is 0 Å². The first-order valence-electron chi connectivity index (χ1n) is 5.87. The number of aliphatic hydroxyl groups is 1. The van der Waals surface area contributed by atoms with Crippen molar-refractivity contribution in [1.82, 2.24) is 4.90 Å². The van der Waals surface area contributed by atoms with Crippen molar-refractivity contribution in [2.75, 3.05) is 19.6 Å². The summed E-state index contributed by atoms with van der Waals surface area (Å²) in [5.74, 6) is -0.673. The number of carbonyl (C=O) groups excluding carboxylic acids is 1. The number of aromatic hydroxyl groups is 2. The number of carbonyl (C=O) groups is 1. The Morgan fingerprint density at radius 1 is 1.39 bits per heavy atom. The van der Waals surface area contributed by atoms with Crippen molar-refractivity contribution in [1.29, 1.82) is 0 Å². The predicted molar refractivity (Wildman–Crippen MR) is 65.8 cm³/mol. The zero-order valence-corrected chi connectivity index (χ0v) is 10.3. The van der Waals surface area contributed by atoms with Gasteiger partial charge < -0.3 is 15.3 Å². The van der Waals surface area contributed by atoms with E-state index < -0.39 is 5.60 Å². The van der Waals surface area contributed by atoms with Gasteiger partial charge in [-0.1, -0.05) is 0 Å². The van der Waals surface area contributed by atoms with Crippen LogP contribution in [0.4, 0.5) is 0 Å². The van der Waals surface area contributed by atoms with Crippen LogP contribution in [-0.2, 0) is 0 Å². The normalized spacial score (nSPS) is 24.3. The summed E-state index contributed by atoms with van der Waals surface area (Å²) >= 11 is 0. The van der Waals surface area contributed by atoms with Crippen LogP contribution in [0.15, 0.2) is 18.2 Å². The number of ketones is 1. The molecule has 1 heterocycles. The van der Waals surface area contributed by atoms with Crippen molar-refractivity contribution in [2.24, 2.45) is 0 Å². The first-order valence-corrected chi connectivity index (χ1v) is 5.87. The smallest absolute Gasteiger partial charge is 0.176 e. The van der Waals surface area contributed by atoms with Crippen LogP contribution in [0.25, 0.3) is 0 Å². The molecule has 1 aromatic carbocycles. The van der Waals surface area contributed by atoms with Crippen LogP contribution >= 0.6 is 0 Å². The molecule has 1 aromatic rings. The SMILES string of the molecule is CC1(O)CCN(CC(=O)c2ccc(O)c(O)c2)C1. The van der Waals surface area contributed by atoms with Gasteiger partial charge in [0.1, 0.15) is 0 Å². The molecule has 0 amide bonds. The van der Waals surface area contributed by atoms with Crippen LogP contribution in [0.1, 0.15) is 23.7 Å². The molecule has 1 atom stereocenters. The summed E-state index contributed by atoms with van der Waals surface area (Å²) < 4.78 is 0. The van der Waals surface area contributed by atoms with Gasteiger partial charge in [0.25, 0.3) is 0 Å². The number of rotatable bonds is 3. The van der Waals surface area contributed by atoms with Gasteiger partial charge in [0, 0.05) is 18.7 Å². The number of phenolic OH excluding ortho intramolecular Hbond substituents is 2. The average Bonchev–Trinajstić information content (AvgIpc) is 2.62. The molecule has 1 aliphatic heterocycles. The summed E-state index contributed by atoms with van der Waals surface area (Å²) in [5, 5.41) is 28.3. The maximum atomic E-state index is 12.0. The molecule has 0 aliphatic carbocycles. The second-order valence-electron chi connectivity index (χ2n) is 5.08. The monoisotopic (exact) mass is 251 g/mol. The molecule has 3 N–H and O–H groups in total. The number of hydrogen-bond acceptors (Lipinski definition) is 5. The fourth-order valence-electron chi connectivity index (χ4n) is 2.17. The third kappa shape index (κ3) is 2.80. The van der Waals surface area contributed by atoms with Crippen molar-refractivity contribution in [3.05, 3.63) is 23.8 Å². The van der Waals surface area contributed by atoms with Gasteiger partial charge in [-0.2, -0.15) is 0 Å². The predicted octanol–water partition coefficient (Wildman–Crippen LogP) is 0.737. The van der Waals surface area contributed by atoms with Crippen LogP contribution in [0, 0.1) is 0 Å². The van der Waals surface area contributed by atoms with Crippen LogP contribution < -0.4 is 0 Å².